The van der Waals surface area contributed by atoms with Crippen LogP contribution in [0.25, 0.3) is 0 Å². The lowest BCUT2D eigenvalue weighted by Crippen LogP contribution is -2.19. The number of hydrogen-bond acceptors (Lipinski definition) is 4. The second-order valence-electron chi connectivity index (χ2n) is 5.92. The number of rotatable bonds is 5. The number of benzene rings is 2. The number of nitrogens with zero attached hydrogens (tertiary/aromatic N) is 2. The summed E-state index contributed by atoms with van der Waals surface area (Å²) in [6.07, 6.45) is 3.08. The summed E-state index contributed by atoms with van der Waals surface area (Å²) in [5.41, 5.74) is 5.47. The van der Waals surface area contributed by atoms with Crippen LogP contribution in [0.1, 0.15) is 33.2 Å². The van der Waals surface area contributed by atoms with Crippen molar-refractivity contribution in [1.82, 2.24) is 10.4 Å². The molecule has 3 rings (SSSR count). The molecule has 2 amide bonds. The predicted molar refractivity (Wildman–Crippen MR) is 110 cm³/mol. The van der Waals surface area contributed by atoms with E-state index in [0.717, 1.165) is 5.56 Å². The van der Waals surface area contributed by atoms with Crippen molar-refractivity contribution >= 4 is 34.8 Å². The number of hydrazone groups is 1. The summed E-state index contributed by atoms with van der Waals surface area (Å²) in [6, 6.07) is 17.0. The summed E-state index contributed by atoms with van der Waals surface area (Å²) in [7, 11) is 0. The van der Waals surface area contributed by atoms with Gasteiger partial charge in [-0.15, -0.1) is 0 Å². The first-order chi connectivity index (χ1) is 13.5. The molecule has 0 saturated heterocycles. The normalized spacial score (nSPS) is 11.0. The van der Waals surface area contributed by atoms with Crippen molar-refractivity contribution in [1.29, 1.82) is 0 Å². The second-order valence-corrected chi connectivity index (χ2v) is 6.35. The van der Waals surface area contributed by atoms with Gasteiger partial charge in [0.2, 0.25) is 0 Å². The minimum Gasteiger partial charge on any atom is -0.322 e. The van der Waals surface area contributed by atoms with Gasteiger partial charge in [0.05, 0.1) is 5.71 Å². The SMILES string of the molecule is C/C(=N/NC(=O)c1ccncc1)c1cccc(NC(=O)c2ccc(Cl)cc2)c1. The molecule has 0 spiro atoms. The standard InChI is InChI=1S/C21H17ClN4O2/c1-14(25-26-21(28)16-9-11-23-12-10-16)17-3-2-4-19(13-17)24-20(27)15-5-7-18(22)8-6-15/h2-13H,1H3,(H,24,27)(H,26,28)/b25-14-. The highest BCUT2D eigenvalue weighted by Crippen LogP contribution is 2.15. The van der Waals surface area contributed by atoms with Crippen molar-refractivity contribution in [3.63, 3.8) is 0 Å². The van der Waals surface area contributed by atoms with Crippen molar-refractivity contribution in [2.45, 2.75) is 6.92 Å². The minimum absolute atomic E-state index is 0.241. The van der Waals surface area contributed by atoms with Crippen LogP contribution in [0, 0.1) is 0 Å². The molecule has 0 unspecified atom stereocenters. The average Bonchev–Trinajstić information content (AvgIpc) is 2.73. The largest absolute Gasteiger partial charge is 0.322 e. The Kier molecular flexibility index (Phi) is 6.14. The van der Waals surface area contributed by atoms with Gasteiger partial charge < -0.3 is 5.32 Å². The zero-order valence-electron chi connectivity index (χ0n) is 15.0. The van der Waals surface area contributed by atoms with E-state index < -0.39 is 0 Å². The molecule has 0 radical (unpaired) electrons. The third kappa shape index (κ3) is 5.02. The van der Waals surface area contributed by atoms with E-state index in [1.54, 1.807) is 73.9 Å². The highest BCUT2D eigenvalue weighted by Gasteiger charge is 2.08. The Hall–Kier alpha value is -3.51. The Morgan fingerprint density at radius 1 is 0.893 bits per heavy atom. The molecule has 28 heavy (non-hydrogen) atoms. The van der Waals surface area contributed by atoms with Gasteiger partial charge in [-0.3, -0.25) is 14.6 Å². The smallest absolute Gasteiger partial charge is 0.271 e. The molecule has 1 heterocycles. The molecule has 0 fully saturated rings. The van der Waals surface area contributed by atoms with Crippen molar-refractivity contribution in [2.75, 3.05) is 5.32 Å². The molecule has 0 atom stereocenters. The van der Waals surface area contributed by atoms with Crippen LogP contribution >= 0.6 is 11.6 Å². The first-order valence-electron chi connectivity index (χ1n) is 8.45. The minimum atomic E-state index is -0.325. The molecule has 1 aromatic heterocycles. The van der Waals surface area contributed by atoms with Gasteiger partial charge in [0.25, 0.3) is 11.8 Å². The van der Waals surface area contributed by atoms with Gasteiger partial charge >= 0.3 is 0 Å². The van der Waals surface area contributed by atoms with E-state index in [1.165, 1.54) is 0 Å². The molecule has 2 aromatic carbocycles. The van der Waals surface area contributed by atoms with E-state index in [0.29, 0.717) is 27.5 Å². The lowest BCUT2D eigenvalue weighted by atomic mass is 10.1. The van der Waals surface area contributed by atoms with Crippen molar-refractivity contribution in [2.24, 2.45) is 5.10 Å². The van der Waals surface area contributed by atoms with Crippen LogP contribution in [0.2, 0.25) is 5.02 Å². The summed E-state index contributed by atoms with van der Waals surface area (Å²) in [6.45, 7) is 1.77. The summed E-state index contributed by atoms with van der Waals surface area (Å²) in [4.78, 5) is 28.3. The molecule has 0 bridgehead atoms. The number of amides is 2. The monoisotopic (exact) mass is 392 g/mol. The quantitative estimate of drug-likeness (QED) is 0.505. The fourth-order valence-corrected chi connectivity index (χ4v) is 2.52. The predicted octanol–water partition coefficient (Wildman–Crippen LogP) is 4.14. The zero-order chi connectivity index (χ0) is 19.9. The summed E-state index contributed by atoms with van der Waals surface area (Å²) in [5.74, 6) is -0.566. The van der Waals surface area contributed by atoms with Crippen LogP contribution in [-0.4, -0.2) is 22.5 Å². The van der Waals surface area contributed by atoms with Crippen molar-refractivity contribution in [3.8, 4) is 0 Å². The maximum Gasteiger partial charge on any atom is 0.271 e. The molecule has 0 aliphatic rings. The molecule has 7 heteroatoms. The Balaban J connectivity index is 1.69. The van der Waals surface area contributed by atoms with Gasteiger partial charge in [0.1, 0.15) is 0 Å². The zero-order valence-corrected chi connectivity index (χ0v) is 15.8. The third-order valence-electron chi connectivity index (χ3n) is 3.91. The van der Waals surface area contributed by atoms with Gasteiger partial charge in [0, 0.05) is 34.2 Å². The van der Waals surface area contributed by atoms with Crippen molar-refractivity contribution < 1.29 is 9.59 Å². The lowest BCUT2D eigenvalue weighted by molar-refractivity contribution is 0.0954. The molecule has 0 saturated carbocycles. The molecular formula is C21H17ClN4O2. The highest BCUT2D eigenvalue weighted by atomic mass is 35.5. The Morgan fingerprint density at radius 2 is 1.57 bits per heavy atom. The summed E-state index contributed by atoms with van der Waals surface area (Å²) >= 11 is 5.85. The number of carbonyl (C=O) groups is 2. The van der Waals surface area contributed by atoms with Gasteiger partial charge in [-0.25, -0.2) is 5.43 Å². The molecule has 0 aliphatic heterocycles. The summed E-state index contributed by atoms with van der Waals surface area (Å²) in [5, 5.41) is 7.53. The number of pyridine rings is 1. The Morgan fingerprint density at radius 3 is 2.29 bits per heavy atom. The molecule has 2 N–H and O–H groups in total. The number of aromatic nitrogens is 1. The molecular weight excluding hydrogens is 376 g/mol. The van der Waals surface area contributed by atoms with Crippen LogP contribution in [-0.2, 0) is 0 Å². The van der Waals surface area contributed by atoms with Gasteiger partial charge in [-0.2, -0.15) is 5.10 Å². The van der Waals surface area contributed by atoms with Gasteiger partial charge in [-0.05, 0) is 61.0 Å². The fraction of sp³-hybridized carbons (Fsp3) is 0.0476. The van der Waals surface area contributed by atoms with E-state index in [2.05, 4.69) is 20.8 Å². The number of carbonyl (C=O) groups excluding carboxylic acids is 2. The van der Waals surface area contributed by atoms with Gasteiger partial charge in [-0.1, -0.05) is 23.7 Å². The lowest BCUT2D eigenvalue weighted by Gasteiger charge is -2.08. The topological polar surface area (TPSA) is 83.4 Å². The number of nitrogens with one attached hydrogen (secondary N) is 2. The Bertz CT molecular complexity index is 1020. The highest BCUT2D eigenvalue weighted by molar-refractivity contribution is 6.30. The number of halogens is 1. The Labute approximate surface area is 167 Å². The average molecular weight is 393 g/mol. The van der Waals surface area contributed by atoms with Gasteiger partial charge in [0.15, 0.2) is 0 Å². The molecule has 6 nitrogen and oxygen atoms in total. The summed E-state index contributed by atoms with van der Waals surface area (Å²) < 4.78 is 0. The first-order valence-corrected chi connectivity index (χ1v) is 8.83. The van der Waals surface area contributed by atoms with Crippen LogP contribution in [0.15, 0.2) is 78.2 Å². The first kappa shape index (κ1) is 19.3. The van der Waals surface area contributed by atoms with Crippen LogP contribution < -0.4 is 10.7 Å². The van der Waals surface area contributed by atoms with E-state index in [1.807, 2.05) is 6.07 Å². The molecule has 3 aromatic rings. The molecule has 140 valence electrons. The number of hydrogen-bond donors (Lipinski definition) is 2. The third-order valence-corrected chi connectivity index (χ3v) is 4.16. The second kappa shape index (κ2) is 8.92. The van der Waals surface area contributed by atoms with Crippen LogP contribution in [0.4, 0.5) is 5.69 Å². The van der Waals surface area contributed by atoms with Crippen LogP contribution in [0.5, 0.6) is 0 Å². The maximum atomic E-state index is 12.3. The van der Waals surface area contributed by atoms with Crippen molar-refractivity contribution in [3.05, 3.63) is 94.8 Å². The van der Waals surface area contributed by atoms with E-state index in [4.69, 9.17) is 11.6 Å². The van der Waals surface area contributed by atoms with Crippen LogP contribution in [0.3, 0.4) is 0 Å². The molecule has 0 aliphatic carbocycles. The van der Waals surface area contributed by atoms with E-state index >= 15 is 0 Å². The van der Waals surface area contributed by atoms with E-state index in [9.17, 15) is 9.59 Å². The number of anilines is 1. The maximum absolute atomic E-state index is 12.3. The van der Waals surface area contributed by atoms with E-state index in [-0.39, 0.29) is 11.8 Å². The fourth-order valence-electron chi connectivity index (χ4n) is 2.39.